The maximum Gasteiger partial charge on any atom is 0.0556 e. The largest absolute Gasteiger partial charge is 0.384 e. The van der Waals surface area contributed by atoms with E-state index in [1.54, 1.807) is 0 Å². The van der Waals surface area contributed by atoms with Crippen molar-refractivity contribution in [1.82, 2.24) is 4.98 Å². The summed E-state index contributed by atoms with van der Waals surface area (Å²) in [5.41, 5.74) is 2.80. The molecule has 1 aromatic rings. The molecule has 14 heavy (non-hydrogen) atoms. The van der Waals surface area contributed by atoms with Crippen molar-refractivity contribution in [2.75, 3.05) is 11.9 Å². The molecule has 2 heteroatoms. The van der Waals surface area contributed by atoms with Crippen molar-refractivity contribution in [2.24, 2.45) is 5.41 Å². The first-order valence-electron chi connectivity index (χ1n) is 5.13. The molecule has 0 aliphatic rings. The second kappa shape index (κ2) is 4.45. The SMILES string of the molecule is Cc1ccncc1NCCC(C)(C)C. The van der Waals surface area contributed by atoms with Gasteiger partial charge in [-0.2, -0.15) is 0 Å². The molecule has 0 fully saturated rings. The Morgan fingerprint density at radius 2 is 2.07 bits per heavy atom. The Morgan fingerprint density at radius 1 is 1.36 bits per heavy atom. The van der Waals surface area contributed by atoms with Crippen LogP contribution in [0.5, 0.6) is 0 Å². The van der Waals surface area contributed by atoms with Crippen molar-refractivity contribution in [3.05, 3.63) is 24.0 Å². The van der Waals surface area contributed by atoms with Gasteiger partial charge in [0.2, 0.25) is 0 Å². The summed E-state index contributed by atoms with van der Waals surface area (Å²) in [6.45, 7) is 9.87. The molecular weight excluding hydrogens is 172 g/mol. The van der Waals surface area contributed by atoms with Crippen LogP contribution in [0.25, 0.3) is 0 Å². The lowest BCUT2D eigenvalue weighted by atomic mass is 9.92. The van der Waals surface area contributed by atoms with E-state index in [0.717, 1.165) is 12.2 Å². The molecule has 0 saturated carbocycles. The maximum atomic E-state index is 4.10. The van der Waals surface area contributed by atoms with Crippen LogP contribution in [0.1, 0.15) is 32.8 Å². The smallest absolute Gasteiger partial charge is 0.0556 e. The van der Waals surface area contributed by atoms with Crippen LogP contribution >= 0.6 is 0 Å². The molecule has 0 amide bonds. The van der Waals surface area contributed by atoms with Gasteiger partial charge in [-0.05, 0) is 30.4 Å². The van der Waals surface area contributed by atoms with Crippen LogP contribution < -0.4 is 5.32 Å². The van der Waals surface area contributed by atoms with Crippen molar-refractivity contribution in [3.8, 4) is 0 Å². The fourth-order valence-corrected chi connectivity index (χ4v) is 1.22. The zero-order chi connectivity index (χ0) is 10.6. The molecule has 1 aromatic heterocycles. The molecule has 0 aliphatic carbocycles. The fraction of sp³-hybridized carbons (Fsp3) is 0.583. The number of nitrogens with zero attached hydrogens (tertiary/aromatic N) is 1. The summed E-state index contributed by atoms with van der Waals surface area (Å²) in [5.74, 6) is 0. The highest BCUT2D eigenvalue weighted by molar-refractivity contribution is 5.47. The zero-order valence-corrected chi connectivity index (χ0v) is 9.59. The van der Waals surface area contributed by atoms with E-state index in [1.807, 2.05) is 18.5 Å². The first-order chi connectivity index (χ1) is 6.49. The average Bonchev–Trinajstić information content (AvgIpc) is 2.06. The van der Waals surface area contributed by atoms with Gasteiger partial charge in [-0.25, -0.2) is 0 Å². The Hall–Kier alpha value is -1.05. The second-order valence-corrected chi connectivity index (χ2v) is 4.93. The molecule has 1 rings (SSSR count). The van der Waals surface area contributed by atoms with E-state index < -0.39 is 0 Å². The van der Waals surface area contributed by atoms with Crippen LogP contribution in [-0.2, 0) is 0 Å². The van der Waals surface area contributed by atoms with E-state index in [2.05, 4.69) is 38.0 Å². The molecule has 2 nitrogen and oxygen atoms in total. The highest BCUT2D eigenvalue weighted by atomic mass is 14.9. The fourth-order valence-electron chi connectivity index (χ4n) is 1.22. The average molecular weight is 192 g/mol. The summed E-state index contributed by atoms with van der Waals surface area (Å²) in [5, 5.41) is 3.41. The molecule has 0 radical (unpaired) electrons. The highest BCUT2D eigenvalue weighted by Gasteiger charge is 2.09. The van der Waals surface area contributed by atoms with Gasteiger partial charge in [0.15, 0.2) is 0 Å². The van der Waals surface area contributed by atoms with E-state index in [9.17, 15) is 0 Å². The molecule has 0 spiro atoms. The first kappa shape index (κ1) is 11.0. The van der Waals surface area contributed by atoms with E-state index >= 15 is 0 Å². The molecule has 0 unspecified atom stereocenters. The quantitative estimate of drug-likeness (QED) is 0.795. The van der Waals surface area contributed by atoms with E-state index in [0.29, 0.717) is 5.41 Å². The number of rotatable bonds is 3. The standard InChI is InChI=1S/C12H20N2/c1-10-5-7-13-9-11(10)14-8-6-12(2,3)4/h5,7,9,14H,6,8H2,1-4H3. The van der Waals surface area contributed by atoms with Gasteiger partial charge >= 0.3 is 0 Å². The topological polar surface area (TPSA) is 24.9 Å². The number of aryl methyl sites for hydroxylation is 1. The van der Waals surface area contributed by atoms with Gasteiger partial charge in [0.05, 0.1) is 11.9 Å². The zero-order valence-electron chi connectivity index (χ0n) is 9.59. The third kappa shape index (κ3) is 3.77. The van der Waals surface area contributed by atoms with Crippen LogP contribution in [0.4, 0.5) is 5.69 Å². The minimum atomic E-state index is 0.392. The predicted octanol–water partition coefficient (Wildman–Crippen LogP) is 3.24. The summed E-state index contributed by atoms with van der Waals surface area (Å²) >= 11 is 0. The van der Waals surface area contributed by atoms with Crippen molar-refractivity contribution < 1.29 is 0 Å². The first-order valence-corrected chi connectivity index (χ1v) is 5.13. The summed E-state index contributed by atoms with van der Waals surface area (Å²) in [4.78, 5) is 4.10. The van der Waals surface area contributed by atoms with Crippen LogP contribution in [-0.4, -0.2) is 11.5 Å². The van der Waals surface area contributed by atoms with Gasteiger partial charge in [0.1, 0.15) is 0 Å². The summed E-state index contributed by atoms with van der Waals surface area (Å²) in [6.07, 6.45) is 4.88. The van der Waals surface area contributed by atoms with Crippen molar-refractivity contribution in [1.29, 1.82) is 0 Å². The van der Waals surface area contributed by atoms with E-state index in [-0.39, 0.29) is 0 Å². The number of hydrogen-bond acceptors (Lipinski definition) is 2. The Bertz CT molecular complexity index is 287. The Labute approximate surface area is 86.8 Å². The predicted molar refractivity (Wildman–Crippen MR) is 61.5 cm³/mol. The third-order valence-corrected chi connectivity index (χ3v) is 2.23. The number of hydrogen-bond donors (Lipinski definition) is 1. The van der Waals surface area contributed by atoms with Crippen LogP contribution in [0.2, 0.25) is 0 Å². The van der Waals surface area contributed by atoms with Crippen molar-refractivity contribution >= 4 is 5.69 Å². The molecule has 1 heterocycles. The van der Waals surface area contributed by atoms with Crippen LogP contribution in [0.3, 0.4) is 0 Å². The van der Waals surface area contributed by atoms with Crippen LogP contribution in [0.15, 0.2) is 18.5 Å². The van der Waals surface area contributed by atoms with Gasteiger partial charge < -0.3 is 5.32 Å². The van der Waals surface area contributed by atoms with E-state index in [1.165, 1.54) is 12.0 Å². The molecular formula is C12H20N2. The Morgan fingerprint density at radius 3 is 2.64 bits per heavy atom. The number of anilines is 1. The van der Waals surface area contributed by atoms with Crippen molar-refractivity contribution in [3.63, 3.8) is 0 Å². The molecule has 0 aliphatic heterocycles. The lowest BCUT2D eigenvalue weighted by Gasteiger charge is -2.18. The molecule has 0 atom stereocenters. The van der Waals surface area contributed by atoms with Gasteiger partial charge in [-0.3, -0.25) is 4.98 Å². The lowest BCUT2D eigenvalue weighted by molar-refractivity contribution is 0.390. The molecule has 1 N–H and O–H groups in total. The molecule has 78 valence electrons. The van der Waals surface area contributed by atoms with E-state index in [4.69, 9.17) is 0 Å². The number of aromatic nitrogens is 1. The van der Waals surface area contributed by atoms with Crippen molar-refractivity contribution in [2.45, 2.75) is 34.1 Å². The normalized spacial score (nSPS) is 11.4. The molecule has 0 aromatic carbocycles. The Kier molecular flexibility index (Phi) is 3.50. The Balaban J connectivity index is 2.43. The summed E-state index contributed by atoms with van der Waals surface area (Å²) in [6, 6.07) is 2.03. The third-order valence-electron chi connectivity index (χ3n) is 2.23. The van der Waals surface area contributed by atoms with Gasteiger partial charge in [0.25, 0.3) is 0 Å². The number of nitrogens with one attached hydrogen (secondary N) is 1. The minimum absolute atomic E-state index is 0.392. The minimum Gasteiger partial charge on any atom is -0.384 e. The van der Waals surface area contributed by atoms with Gasteiger partial charge in [-0.1, -0.05) is 20.8 Å². The highest BCUT2D eigenvalue weighted by Crippen LogP contribution is 2.19. The molecule has 0 bridgehead atoms. The van der Waals surface area contributed by atoms with Gasteiger partial charge in [0, 0.05) is 12.7 Å². The maximum absolute atomic E-state index is 4.10. The summed E-state index contributed by atoms with van der Waals surface area (Å²) < 4.78 is 0. The van der Waals surface area contributed by atoms with Gasteiger partial charge in [-0.15, -0.1) is 0 Å². The van der Waals surface area contributed by atoms with Crippen LogP contribution in [0, 0.1) is 12.3 Å². The second-order valence-electron chi connectivity index (χ2n) is 4.93. The lowest BCUT2D eigenvalue weighted by Crippen LogP contribution is -2.13. The summed E-state index contributed by atoms with van der Waals surface area (Å²) in [7, 11) is 0. The monoisotopic (exact) mass is 192 g/mol. The molecule has 0 saturated heterocycles. The number of pyridine rings is 1.